The van der Waals surface area contributed by atoms with Crippen LogP contribution in [0.25, 0.3) is 6.08 Å². The van der Waals surface area contributed by atoms with Gasteiger partial charge in [0.2, 0.25) is 6.79 Å². The van der Waals surface area contributed by atoms with E-state index in [4.69, 9.17) is 31.1 Å². The van der Waals surface area contributed by atoms with Crippen LogP contribution in [0.3, 0.4) is 0 Å². The molecule has 0 spiro atoms. The molecular weight excluding hydrogens is 396 g/mol. The van der Waals surface area contributed by atoms with Gasteiger partial charge in [0.1, 0.15) is 0 Å². The highest BCUT2D eigenvalue weighted by atomic mass is 35.5. The van der Waals surface area contributed by atoms with E-state index in [1.807, 2.05) is 12.1 Å². The lowest BCUT2D eigenvalue weighted by Gasteiger charge is -2.21. The number of hydrogen-bond donors (Lipinski definition) is 0. The first-order chi connectivity index (χ1) is 14.1. The smallest absolute Gasteiger partial charge is 0.331 e. The molecule has 0 unspecified atom stereocenters. The van der Waals surface area contributed by atoms with E-state index in [-0.39, 0.29) is 19.8 Å². The zero-order chi connectivity index (χ0) is 20.6. The molecule has 0 radical (unpaired) electrons. The Morgan fingerprint density at radius 2 is 2.03 bits per heavy atom. The Morgan fingerprint density at radius 3 is 2.79 bits per heavy atom. The van der Waals surface area contributed by atoms with Crippen LogP contribution in [0.15, 0.2) is 48.5 Å². The SMILES string of the molecule is N#CCCN(C(=O)COC(=O)/C=C/c1cc(Cl)c2c(c1)OCO2)c1ccccc1. The van der Waals surface area contributed by atoms with Gasteiger partial charge in [0.25, 0.3) is 5.91 Å². The third-order valence-electron chi connectivity index (χ3n) is 4.02. The largest absolute Gasteiger partial charge is 0.454 e. The molecule has 0 bridgehead atoms. The number of amides is 1. The molecule has 0 aliphatic carbocycles. The van der Waals surface area contributed by atoms with Crippen molar-refractivity contribution in [2.45, 2.75) is 6.42 Å². The van der Waals surface area contributed by atoms with Crippen molar-refractivity contribution in [1.29, 1.82) is 5.26 Å². The summed E-state index contributed by atoms with van der Waals surface area (Å²) in [5.74, 6) is -0.133. The summed E-state index contributed by atoms with van der Waals surface area (Å²) in [6.07, 6.45) is 2.87. The fraction of sp³-hybridized carbons (Fsp3) is 0.190. The van der Waals surface area contributed by atoms with E-state index in [0.717, 1.165) is 0 Å². The molecule has 2 aromatic carbocycles. The Hall–Kier alpha value is -3.50. The summed E-state index contributed by atoms with van der Waals surface area (Å²) in [7, 11) is 0. The maximum absolute atomic E-state index is 12.5. The van der Waals surface area contributed by atoms with Gasteiger partial charge in [-0.05, 0) is 35.9 Å². The molecule has 0 N–H and O–H groups in total. The van der Waals surface area contributed by atoms with Crippen LogP contribution in [0.5, 0.6) is 11.5 Å². The maximum Gasteiger partial charge on any atom is 0.331 e. The van der Waals surface area contributed by atoms with Crippen molar-refractivity contribution in [1.82, 2.24) is 0 Å². The summed E-state index contributed by atoms with van der Waals surface area (Å²) in [5, 5.41) is 9.18. The first-order valence-corrected chi connectivity index (χ1v) is 9.12. The van der Waals surface area contributed by atoms with Crippen molar-refractivity contribution in [2.75, 3.05) is 24.8 Å². The molecule has 0 aromatic heterocycles. The summed E-state index contributed by atoms with van der Waals surface area (Å²) < 4.78 is 15.5. The first kappa shape index (κ1) is 20.2. The highest BCUT2D eigenvalue weighted by Crippen LogP contribution is 2.40. The van der Waals surface area contributed by atoms with Gasteiger partial charge in [-0.1, -0.05) is 29.8 Å². The highest BCUT2D eigenvalue weighted by molar-refractivity contribution is 6.32. The van der Waals surface area contributed by atoms with Gasteiger partial charge in [0, 0.05) is 18.3 Å². The molecule has 0 fully saturated rings. The number of fused-ring (bicyclic) bond motifs is 1. The van der Waals surface area contributed by atoms with Crippen molar-refractivity contribution in [3.63, 3.8) is 0 Å². The van der Waals surface area contributed by atoms with Gasteiger partial charge in [-0.15, -0.1) is 0 Å². The number of ether oxygens (including phenoxy) is 3. The lowest BCUT2D eigenvalue weighted by molar-refractivity contribution is -0.142. The van der Waals surface area contributed by atoms with Crippen LogP contribution in [0.4, 0.5) is 5.69 Å². The molecule has 7 nitrogen and oxygen atoms in total. The molecule has 0 atom stereocenters. The third-order valence-corrected chi connectivity index (χ3v) is 4.30. The normalized spacial score (nSPS) is 11.9. The number of anilines is 1. The molecule has 1 amide bonds. The molecule has 2 aromatic rings. The van der Waals surface area contributed by atoms with Crippen LogP contribution in [-0.2, 0) is 14.3 Å². The molecular formula is C21H17ClN2O5. The number of para-hydroxylation sites is 1. The average Bonchev–Trinajstić information content (AvgIpc) is 3.21. The molecule has 1 aliphatic rings. The number of benzene rings is 2. The number of nitriles is 1. The number of halogens is 1. The topological polar surface area (TPSA) is 88.9 Å². The Bertz CT molecular complexity index is 969. The highest BCUT2D eigenvalue weighted by Gasteiger charge is 2.18. The van der Waals surface area contributed by atoms with E-state index >= 15 is 0 Å². The van der Waals surface area contributed by atoms with Crippen LogP contribution in [0, 0.1) is 11.3 Å². The lowest BCUT2D eigenvalue weighted by Crippen LogP contribution is -2.35. The fourth-order valence-corrected chi connectivity index (χ4v) is 2.95. The van der Waals surface area contributed by atoms with Gasteiger partial charge >= 0.3 is 5.97 Å². The van der Waals surface area contributed by atoms with Crippen molar-refractivity contribution in [2.24, 2.45) is 0 Å². The zero-order valence-corrected chi connectivity index (χ0v) is 16.1. The number of carbonyl (C=O) groups is 2. The molecule has 3 rings (SSSR count). The van der Waals surface area contributed by atoms with Gasteiger partial charge < -0.3 is 19.1 Å². The molecule has 29 heavy (non-hydrogen) atoms. The van der Waals surface area contributed by atoms with Gasteiger partial charge in [0.15, 0.2) is 18.1 Å². The number of hydrogen-bond acceptors (Lipinski definition) is 6. The molecule has 1 heterocycles. The van der Waals surface area contributed by atoms with E-state index in [9.17, 15) is 9.59 Å². The second-order valence-corrected chi connectivity index (χ2v) is 6.37. The molecule has 0 saturated carbocycles. The van der Waals surface area contributed by atoms with E-state index < -0.39 is 18.5 Å². The monoisotopic (exact) mass is 412 g/mol. The summed E-state index contributed by atoms with van der Waals surface area (Å²) in [4.78, 5) is 25.9. The lowest BCUT2D eigenvalue weighted by atomic mass is 10.2. The minimum Gasteiger partial charge on any atom is -0.454 e. The fourth-order valence-electron chi connectivity index (χ4n) is 2.67. The van der Waals surface area contributed by atoms with Gasteiger partial charge in [-0.2, -0.15) is 5.26 Å². The van der Waals surface area contributed by atoms with Gasteiger partial charge in [-0.3, -0.25) is 4.79 Å². The second kappa shape index (κ2) is 9.62. The van der Waals surface area contributed by atoms with Crippen molar-refractivity contribution >= 4 is 35.2 Å². The summed E-state index contributed by atoms with van der Waals surface area (Å²) in [5.41, 5.74) is 1.26. The Kier molecular flexibility index (Phi) is 6.72. The predicted molar refractivity (Wildman–Crippen MR) is 107 cm³/mol. The number of esters is 1. The van der Waals surface area contributed by atoms with Crippen molar-refractivity contribution in [3.05, 3.63) is 59.1 Å². The Morgan fingerprint density at radius 1 is 1.24 bits per heavy atom. The third kappa shape index (κ3) is 5.27. The molecule has 1 aliphatic heterocycles. The Labute approximate surface area is 172 Å². The van der Waals surface area contributed by atoms with Crippen LogP contribution in [0.2, 0.25) is 5.02 Å². The minimum absolute atomic E-state index is 0.0933. The summed E-state index contributed by atoms with van der Waals surface area (Å²) in [6.45, 7) is -0.135. The van der Waals surface area contributed by atoms with Gasteiger partial charge in [0.05, 0.1) is 17.5 Å². The Balaban J connectivity index is 1.59. The molecule has 8 heteroatoms. The maximum atomic E-state index is 12.5. The molecule has 0 saturated heterocycles. The first-order valence-electron chi connectivity index (χ1n) is 8.75. The second-order valence-electron chi connectivity index (χ2n) is 5.97. The summed E-state index contributed by atoms with van der Waals surface area (Å²) >= 11 is 6.10. The van der Waals surface area contributed by atoms with Crippen LogP contribution < -0.4 is 14.4 Å². The van der Waals surface area contributed by atoms with Crippen molar-refractivity contribution in [3.8, 4) is 17.6 Å². The van der Waals surface area contributed by atoms with E-state index in [2.05, 4.69) is 0 Å². The average molecular weight is 413 g/mol. The minimum atomic E-state index is -0.680. The van der Waals surface area contributed by atoms with E-state index in [1.165, 1.54) is 17.1 Å². The van der Waals surface area contributed by atoms with Crippen molar-refractivity contribution < 1.29 is 23.8 Å². The number of nitrogens with zero attached hydrogens (tertiary/aromatic N) is 2. The van der Waals surface area contributed by atoms with Gasteiger partial charge in [-0.25, -0.2) is 4.79 Å². The molecule has 148 valence electrons. The van der Waals surface area contributed by atoms with E-state index in [1.54, 1.807) is 36.4 Å². The number of rotatable bonds is 7. The zero-order valence-electron chi connectivity index (χ0n) is 15.3. The standard InChI is InChI=1S/C21H17ClN2O5/c22-17-11-15(12-18-21(17)29-14-28-18)7-8-20(26)27-13-19(25)24(10-4-9-23)16-5-2-1-3-6-16/h1-3,5-8,11-12H,4,10,13-14H2/b8-7+. The predicted octanol–water partition coefficient (Wildman–Crippen LogP) is 3.57. The van der Waals surface area contributed by atoms with Crippen LogP contribution >= 0.6 is 11.6 Å². The van der Waals surface area contributed by atoms with E-state index in [0.29, 0.717) is 27.8 Å². The quantitative estimate of drug-likeness (QED) is 0.510. The van der Waals surface area contributed by atoms with Crippen LogP contribution in [0.1, 0.15) is 12.0 Å². The van der Waals surface area contributed by atoms with Crippen LogP contribution in [-0.4, -0.2) is 31.8 Å². The number of carbonyl (C=O) groups excluding carboxylic acids is 2. The summed E-state index contributed by atoms with van der Waals surface area (Å²) in [6, 6.07) is 14.2.